The number of sulfonamides is 1. The molecule has 0 aliphatic rings. The van der Waals surface area contributed by atoms with E-state index < -0.39 is 15.9 Å². The first-order chi connectivity index (χ1) is 17.7. The van der Waals surface area contributed by atoms with Gasteiger partial charge < -0.3 is 5.32 Å². The first-order valence-electron chi connectivity index (χ1n) is 11.3. The third-order valence-electron chi connectivity index (χ3n) is 5.69. The van der Waals surface area contributed by atoms with Crippen LogP contribution in [0.5, 0.6) is 0 Å². The van der Waals surface area contributed by atoms with Gasteiger partial charge in [0.25, 0.3) is 5.91 Å². The molecule has 5 aromatic rings. The average Bonchev–Trinajstić information content (AvgIpc) is 3.48. The van der Waals surface area contributed by atoms with E-state index in [0.717, 1.165) is 10.3 Å². The Kier molecular flexibility index (Phi) is 6.82. The van der Waals surface area contributed by atoms with Gasteiger partial charge in [-0.2, -0.15) is 14.1 Å². The van der Waals surface area contributed by atoms with Crippen molar-refractivity contribution in [3.63, 3.8) is 0 Å². The van der Waals surface area contributed by atoms with E-state index in [1.807, 2.05) is 49.4 Å². The van der Waals surface area contributed by atoms with Gasteiger partial charge in [0.15, 0.2) is 0 Å². The monoisotopic (exact) mass is 551 g/mol. The summed E-state index contributed by atoms with van der Waals surface area (Å²) < 4.78 is 29.8. The fourth-order valence-corrected chi connectivity index (χ4v) is 6.19. The van der Waals surface area contributed by atoms with Crippen LogP contribution in [0.25, 0.3) is 15.3 Å². The molecule has 2 aromatic heterocycles. The minimum absolute atomic E-state index is 0.106. The Hall–Kier alpha value is -3.57. The van der Waals surface area contributed by atoms with E-state index in [4.69, 9.17) is 11.6 Å². The molecule has 0 radical (unpaired) electrons. The molecule has 0 saturated carbocycles. The van der Waals surface area contributed by atoms with Crippen molar-refractivity contribution in [1.29, 1.82) is 0 Å². The van der Waals surface area contributed by atoms with Gasteiger partial charge in [0.1, 0.15) is 11.3 Å². The number of carbonyl (C=O) groups excluding carboxylic acids is 1. The molecule has 0 atom stereocenters. The smallest absolute Gasteiger partial charge is 0.256 e. The largest absolute Gasteiger partial charge is 0.306 e. The Balaban J connectivity index is 1.35. The summed E-state index contributed by atoms with van der Waals surface area (Å²) in [6, 6.07) is 22.5. The molecule has 0 aliphatic heterocycles. The predicted molar refractivity (Wildman–Crippen MR) is 146 cm³/mol. The minimum atomic E-state index is -3.72. The van der Waals surface area contributed by atoms with Crippen LogP contribution >= 0.6 is 22.9 Å². The molecule has 8 nitrogen and oxygen atoms in total. The average molecular weight is 552 g/mol. The summed E-state index contributed by atoms with van der Waals surface area (Å²) in [7, 11) is -2.20. The first-order valence-corrected chi connectivity index (χ1v) is 13.9. The summed E-state index contributed by atoms with van der Waals surface area (Å²) in [6.45, 7) is 2.06. The lowest BCUT2D eigenvalue weighted by atomic mass is 10.2. The number of nitrogens with zero attached hydrogens (tertiary/aromatic N) is 4. The summed E-state index contributed by atoms with van der Waals surface area (Å²) in [5, 5.41) is 8.43. The van der Waals surface area contributed by atoms with E-state index in [0.29, 0.717) is 32.7 Å². The van der Waals surface area contributed by atoms with Crippen molar-refractivity contribution in [2.45, 2.75) is 18.4 Å². The number of fused-ring (bicyclic) bond motifs is 1. The number of hydrogen-bond acceptors (Lipinski definition) is 6. The highest BCUT2D eigenvalue weighted by Crippen LogP contribution is 2.31. The van der Waals surface area contributed by atoms with Gasteiger partial charge in [-0.3, -0.25) is 4.79 Å². The molecule has 0 aliphatic carbocycles. The topological polar surface area (TPSA) is 97.2 Å². The highest BCUT2D eigenvalue weighted by molar-refractivity contribution is 7.89. The molecule has 0 bridgehead atoms. The van der Waals surface area contributed by atoms with Crippen LogP contribution in [0.1, 0.15) is 21.6 Å². The first kappa shape index (κ1) is 25.1. The standard InChI is InChI=1S/C26H22ClN5O3S2/c1-17-15-23(32(30-17)26-29-24-21(27)9-6-10-22(24)36-26)28-25(33)19-11-13-20(14-12-19)37(34,35)31(2)16-18-7-4-3-5-8-18/h3-15H,16H2,1-2H3,(H,28,33). The molecule has 0 saturated heterocycles. The van der Waals surface area contributed by atoms with E-state index >= 15 is 0 Å². The zero-order valence-corrected chi connectivity index (χ0v) is 22.3. The second kappa shape index (κ2) is 10.1. The maximum atomic E-state index is 13.0. The van der Waals surface area contributed by atoms with Crippen molar-refractivity contribution in [3.8, 4) is 5.13 Å². The minimum Gasteiger partial charge on any atom is -0.306 e. The molecule has 0 fully saturated rings. The highest BCUT2D eigenvalue weighted by Gasteiger charge is 2.22. The lowest BCUT2D eigenvalue weighted by Crippen LogP contribution is -2.26. The van der Waals surface area contributed by atoms with E-state index in [2.05, 4.69) is 15.4 Å². The van der Waals surface area contributed by atoms with Crippen LogP contribution in [-0.2, 0) is 16.6 Å². The molecule has 0 spiro atoms. The third kappa shape index (κ3) is 5.14. The number of amides is 1. The summed E-state index contributed by atoms with van der Waals surface area (Å²) in [5.41, 5.74) is 2.56. The molecule has 1 N–H and O–H groups in total. The van der Waals surface area contributed by atoms with Gasteiger partial charge in [0.05, 0.1) is 20.3 Å². The highest BCUT2D eigenvalue weighted by atomic mass is 35.5. The number of halogens is 1. The van der Waals surface area contributed by atoms with Crippen molar-refractivity contribution in [2.24, 2.45) is 0 Å². The molecule has 0 unspecified atom stereocenters. The van der Waals surface area contributed by atoms with Gasteiger partial charge in [-0.15, -0.1) is 0 Å². The molecule has 2 heterocycles. The normalized spacial score (nSPS) is 11.8. The van der Waals surface area contributed by atoms with Crippen molar-refractivity contribution < 1.29 is 13.2 Å². The molecule has 5 rings (SSSR count). The van der Waals surface area contributed by atoms with Gasteiger partial charge in [-0.1, -0.05) is 59.3 Å². The van der Waals surface area contributed by atoms with Gasteiger partial charge in [-0.05, 0) is 48.9 Å². The summed E-state index contributed by atoms with van der Waals surface area (Å²) >= 11 is 7.68. The number of carbonyl (C=O) groups is 1. The Morgan fingerprint density at radius 2 is 1.78 bits per heavy atom. The van der Waals surface area contributed by atoms with Crippen LogP contribution in [0.3, 0.4) is 0 Å². The fourth-order valence-electron chi connectivity index (χ4n) is 3.80. The van der Waals surface area contributed by atoms with E-state index in [-0.39, 0.29) is 11.4 Å². The number of thiazole rings is 1. The number of benzene rings is 3. The number of aryl methyl sites for hydroxylation is 1. The molecular weight excluding hydrogens is 530 g/mol. The summed E-state index contributed by atoms with van der Waals surface area (Å²) in [5.74, 6) is 0.0406. The fraction of sp³-hybridized carbons (Fsp3) is 0.115. The third-order valence-corrected chi connectivity index (χ3v) is 8.80. The lowest BCUT2D eigenvalue weighted by molar-refractivity contribution is 0.102. The Bertz CT molecular complexity index is 1700. The number of aromatic nitrogens is 3. The number of rotatable bonds is 7. The number of para-hydroxylation sites is 1. The molecule has 37 heavy (non-hydrogen) atoms. The molecule has 11 heteroatoms. The van der Waals surface area contributed by atoms with Gasteiger partial charge >= 0.3 is 0 Å². The Morgan fingerprint density at radius 3 is 2.49 bits per heavy atom. The summed E-state index contributed by atoms with van der Waals surface area (Å²) in [6.07, 6.45) is 0. The quantitative estimate of drug-likeness (QED) is 0.287. The van der Waals surface area contributed by atoms with Crippen LogP contribution in [0.15, 0.2) is 83.8 Å². The van der Waals surface area contributed by atoms with Crippen molar-refractivity contribution >= 4 is 54.9 Å². The van der Waals surface area contributed by atoms with Crippen LogP contribution in [0.4, 0.5) is 5.82 Å². The van der Waals surface area contributed by atoms with Crippen LogP contribution in [0.2, 0.25) is 5.02 Å². The maximum Gasteiger partial charge on any atom is 0.256 e. The second-order valence-corrected chi connectivity index (χ2v) is 11.9. The van der Waals surface area contributed by atoms with Crippen LogP contribution in [0, 0.1) is 6.92 Å². The summed E-state index contributed by atoms with van der Waals surface area (Å²) in [4.78, 5) is 17.7. The maximum absolute atomic E-state index is 13.0. The van der Waals surface area contributed by atoms with Crippen molar-refractivity contribution in [1.82, 2.24) is 19.1 Å². The molecule has 3 aromatic carbocycles. The molecule has 188 valence electrons. The van der Waals surface area contributed by atoms with E-state index in [9.17, 15) is 13.2 Å². The SMILES string of the molecule is Cc1cc(NC(=O)c2ccc(S(=O)(=O)N(C)Cc3ccccc3)cc2)n(-c2nc3c(Cl)cccc3s2)n1. The van der Waals surface area contributed by atoms with Crippen molar-refractivity contribution in [2.75, 3.05) is 12.4 Å². The van der Waals surface area contributed by atoms with Crippen LogP contribution in [-0.4, -0.2) is 40.4 Å². The Morgan fingerprint density at radius 1 is 1.05 bits per heavy atom. The Labute approximate surface area is 223 Å². The number of nitrogens with one attached hydrogen (secondary N) is 1. The number of anilines is 1. The van der Waals surface area contributed by atoms with E-state index in [1.54, 1.807) is 16.8 Å². The molecule has 1 amide bonds. The zero-order chi connectivity index (χ0) is 26.2. The van der Waals surface area contributed by atoms with E-state index in [1.165, 1.54) is 47.0 Å². The second-order valence-electron chi connectivity index (χ2n) is 8.39. The van der Waals surface area contributed by atoms with Gasteiger partial charge in [0, 0.05) is 25.2 Å². The van der Waals surface area contributed by atoms with Crippen LogP contribution < -0.4 is 5.32 Å². The number of hydrogen-bond donors (Lipinski definition) is 1. The van der Waals surface area contributed by atoms with Gasteiger partial charge in [0.2, 0.25) is 15.2 Å². The zero-order valence-electron chi connectivity index (χ0n) is 19.9. The lowest BCUT2D eigenvalue weighted by Gasteiger charge is -2.17. The molecular formula is C26H22ClN5O3S2. The van der Waals surface area contributed by atoms with Crippen molar-refractivity contribution in [3.05, 3.63) is 101 Å². The van der Waals surface area contributed by atoms with Gasteiger partial charge in [-0.25, -0.2) is 13.4 Å². The predicted octanol–water partition coefficient (Wildman–Crippen LogP) is 5.52.